The molecule has 2 N–H and O–H groups in total. The standard InChI is InChI=1S/C17H27NO/c1-13(2)14-9-10-16(19-5)15(12-14)8-6-7-11-17(3,4)18/h6,8-10,12-13H,7,11,18H2,1-5H3/b8-6+. The van der Waals surface area contributed by atoms with E-state index in [0.29, 0.717) is 5.92 Å². The first kappa shape index (κ1) is 15.8. The fraction of sp³-hybridized carbons (Fsp3) is 0.529. The number of benzene rings is 1. The lowest BCUT2D eigenvalue weighted by Gasteiger charge is -2.16. The molecule has 2 heteroatoms. The van der Waals surface area contributed by atoms with Crippen LogP contribution in [0.2, 0.25) is 0 Å². The topological polar surface area (TPSA) is 35.2 Å². The first-order chi connectivity index (χ1) is 8.83. The molecular weight excluding hydrogens is 234 g/mol. The van der Waals surface area contributed by atoms with Crippen molar-refractivity contribution in [3.05, 3.63) is 35.4 Å². The third-order valence-corrected chi connectivity index (χ3v) is 3.17. The maximum absolute atomic E-state index is 5.98. The SMILES string of the molecule is COc1ccc(C(C)C)cc1/C=C/CCC(C)(C)N. The van der Waals surface area contributed by atoms with Gasteiger partial charge in [0.15, 0.2) is 0 Å². The van der Waals surface area contributed by atoms with Crippen LogP contribution in [0.1, 0.15) is 57.6 Å². The van der Waals surface area contributed by atoms with Crippen LogP contribution in [-0.4, -0.2) is 12.6 Å². The molecule has 0 spiro atoms. The van der Waals surface area contributed by atoms with E-state index in [4.69, 9.17) is 10.5 Å². The van der Waals surface area contributed by atoms with Gasteiger partial charge in [0.2, 0.25) is 0 Å². The molecule has 2 nitrogen and oxygen atoms in total. The van der Waals surface area contributed by atoms with Gasteiger partial charge in [-0.05, 0) is 50.3 Å². The molecule has 1 rings (SSSR count). The number of allylic oxidation sites excluding steroid dienone is 1. The smallest absolute Gasteiger partial charge is 0.126 e. The van der Waals surface area contributed by atoms with Gasteiger partial charge in [0.25, 0.3) is 0 Å². The highest BCUT2D eigenvalue weighted by Crippen LogP contribution is 2.25. The van der Waals surface area contributed by atoms with Crippen molar-refractivity contribution in [3.8, 4) is 5.75 Å². The van der Waals surface area contributed by atoms with Crippen LogP contribution in [0.3, 0.4) is 0 Å². The molecule has 0 atom stereocenters. The van der Waals surface area contributed by atoms with Gasteiger partial charge in [-0.2, -0.15) is 0 Å². The summed E-state index contributed by atoms with van der Waals surface area (Å²) in [5, 5.41) is 0. The maximum atomic E-state index is 5.98. The lowest BCUT2D eigenvalue weighted by molar-refractivity contribution is 0.413. The number of methoxy groups -OCH3 is 1. The number of ether oxygens (including phenoxy) is 1. The second-order valence-corrected chi connectivity index (χ2v) is 6.09. The molecular formula is C17H27NO. The maximum Gasteiger partial charge on any atom is 0.126 e. The van der Waals surface area contributed by atoms with Crippen molar-refractivity contribution in [2.24, 2.45) is 5.73 Å². The van der Waals surface area contributed by atoms with Crippen LogP contribution in [0, 0.1) is 0 Å². The zero-order valence-corrected chi connectivity index (χ0v) is 12.9. The van der Waals surface area contributed by atoms with E-state index in [-0.39, 0.29) is 5.54 Å². The van der Waals surface area contributed by atoms with Gasteiger partial charge in [-0.25, -0.2) is 0 Å². The highest BCUT2D eigenvalue weighted by Gasteiger charge is 2.08. The Kier molecular flexibility index (Phi) is 5.61. The molecule has 0 radical (unpaired) electrons. The van der Waals surface area contributed by atoms with Gasteiger partial charge < -0.3 is 10.5 Å². The minimum Gasteiger partial charge on any atom is -0.496 e. The molecule has 0 heterocycles. The summed E-state index contributed by atoms with van der Waals surface area (Å²) >= 11 is 0. The van der Waals surface area contributed by atoms with Gasteiger partial charge in [0.05, 0.1) is 7.11 Å². The first-order valence-corrected chi connectivity index (χ1v) is 6.97. The molecule has 1 aromatic carbocycles. The fourth-order valence-electron chi connectivity index (χ4n) is 1.91. The molecule has 0 amide bonds. The molecule has 0 aromatic heterocycles. The van der Waals surface area contributed by atoms with Crippen LogP contribution >= 0.6 is 0 Å². The Bertz CT molecular complexity index is 427. The molecule has 0 aliphatic heterocycles. The lowest BCUT2D eigenvalue weighted by Crippen LogP contribution is -2.31. The molecule has 106 valence electrons. The minimum atomic E-state index is -0.103. The summed E-state index contributed by atoms with van der Waals surface area (Å²) in [5.74, 6) is 1.45. The predicted molar refractivity (Wildman–Crippen MR) is 83.6 cm³/mol. The number of rotatable bonds is 6. The van der Waals surface area contributed by atoms with Crippen LogP contribution < -0.4 is 10.5 Å². The summed E-state index contributed by atoms with van der Waals surface area (Å²) in [6.07, 6.45) is 6.28. The van der Waals surface area contributed by atoms with E-state index in [1.165, 1.54) is 5.56 Å². The summed E-state index contributed by atoms with van der Waals surface area (Å²) in [6, 6.07) is 6.37. The molecule has 0 fully saturated rings. The summed E-state index contributed by atoms with van der Waals surface area (Å²) in [5.41, 5.74) is 8.35. The van der Waals surface area contributed by atoms with E-state index < -0.39 is 0 Å². The Morgan fingerprint density at radius 2 is 2.00 bits per heavy atom. The first-order valence-electron chi connectivity index (χ1n) is 6.97. The second-order valence-electron chi connectivity index (χ2n) is 6.09. The van der Waals surface area contributed by atoms with Crippen molar-refractivity contribution in [2.75, 3.05) is 7.11 Å². The predicted octanol–water partition coefficient (Wildman–Crippen LogP) is 4.35. The summed E-state index contributed by atoms with van der Waals surface area (Å²) in [4.78, 5) is 0. The fourth-order valence-corrected chi connectivity index (χ4v) is 1.91. The van der Waals surface area contributed by atoms with E-state index in [0.717, 1.165) is 24.2 Å². The average Bonchev–Trinajstić information content (AvgIpc) is 2.33. The minimum absolute atomic E-state index is 0.103. The Morgan fingerprint density at radius 3 is 2.53 bits per heavy atom. The molecule has 1 aromatic rings. The van der Waals surface area contributed by atoms with E-state index in [1.54, 1.807) is 7.11 Å². The van der Waals surface area contributed by atoms with Gasteiger partial charge in [-0.3, -0.25) is 0 Å². The normalized spacial score (nSPS) is 12.4. The monoisotopic (exact) mass is 261 g/mol. The lowest BCUT2D eigenvalue weighted by atomic mass is 9.98. The largest absolute Gasteiger partial charge is 0.496 e. The second kappa shape index (κ2) is 6.76. The van der Waals surface area contributed by atoms with Crippen molar-refractivity contribution in [3.63, 3.8) is 0 Å². The highest BCUT2D eigenvalue weighted by atomic mass is 16.5. The van der Waals surface area contributed by atoms with Gasteiger partial charge >= 0.3 is 0 Å². The summed E-state index contributed by atoms with van der Waals surface area (Å²) in [6.45, 7) is 8.51. The third-order valence-electron chi connectivity index (χ3n) is 3.17. The number of nitrogens with two attached hydrogens (primary N) is 1. The van der Waals surface area contributed by atoms with E-state index in [9.17, 15) is 0 Å². The molecule has 0 aliphatic rings. The zero-order chi connectivity index (χ0) is 14.5. The quantitative estimate of drug-likeness (QED) is 0.826. The third kappa shape index (κ3) is 5.48. The van der Waals surface area contributed by atoms with Crippen molar-refractivity contribution < 1.29 is 4.74 Å². The van der Waals surface area contributed by atoms with Crippen molar-refractivity contribution >= 4 is 6.08 Å². The summed E-state index contributed by atoms with van der Waals surface area (Å²) in [7, 11) is 1.71. The van der Waals surface area contributed by atoms with Gasteiger partial charge in [-0.15, -0.1) is 0 Å². The highest BCUT2D eigenvalue weighted by molar-refractivity contribution is 5.58. The van der Waals surface area contributed by atoms with Gasteiger partial charge in [-0.1, -0.05) is 32.1 Å². The molecule has 0 saturated heterocycles. The zero-order valence-electron chi connectivity index (χ0n) is 12.9. The summed E-state index contributed by atoms with van der Waals surface area (Å²) < 4.78 is 5.40. The van der Waals surface area contributed by atoms with Crippen LogP contribution in [0.15, 0.2) is 24.3 Å². The van der Waals surface area contributed by atoms with E-state index in [1.807, 2.05) is 6.07 Å². The molecule has 19 heavy (non-hydrogen) atoms. The molecule has 0 aliphatic carbocycles. The van der Waals surface area contributed by atoms with Crippen LogP contribution in [0.25, 0.3) is 6.08 Å². The van der Waals surface area contributed by atoms with Gasteiger partial charge in [0, 0.05) is 11.1 Å². The Hall–Kier alpha value is -1.28. The Morgan fingerprint density at radius 1 is 1.32 bits per heavy atom. The number of hydrogen-bond acceptors (Lipinski definition) is 2. The molecule has 0 saturated carbocycles. The van der Waals surface area contributed by atoms with Gasteiger partial charge in [0.1, 0.15) is 5.75 Å². The molecule has 0 bridgehead atoms. The number of hydrogen-bond donors (Lipinski definition) is 1. The Balaban J connectivity index is 2.80. The van der Waals surface area contributed by atoms with Crippen molar-refractivity contribution in [1.29, 1.82) is 0 Å². The van der Waals surface area contributed by atoms with Crippen molar-refractivity contribution in [1.82, 2.24) is 0 Å². The van der Waals surface area contributed by atoms with Crippen LogP contribution in [-0.2, 0) is 0 Å². The Labute approximate surface area is 117 Å². The van der Waals surface area contributed by atoms with Crippen LogP contribution in [0.4, 0.5) is 0 Å². The molecule has 0 unspecified atom stereocenters. The van der Waals surface area contributed by atoms with E-state index in [2.05, 4.69) is 52.0 Å². The average molecular weight is 261 g/mol. The van der Waals surface area contributed by atoms with Crippen molar-refractivity contribution in [2.45, 2.75) is 52.0 Å². The van der Waals surface area contributed by atoms with Crippen LogP contribution in [0.5, 0.6) is 5.75 Å². The van der Waals surface area contributed by atoms with E-state index >= 15 is 0 Å².